The molecule has 0 saturated carbocycles. The molecule has 0 aromatic carbocycles. The summed E-state index contributed by atoms with van der Waals surface area (Å²) in [7, 11) is 0. The van der Waals surface area contributed by atoms with Gasteiger partial charge in [-0.2, -0.15) is 5.10 Å². The Morgan fingerprint density at radius 2 is 2.12 bits per heavy atom. The smallest absolute Gasteiger partial charge is 0.138 e. The molecule has 0 unspecified atom stereocenters. The third-order valence-corrected chi connectivity index (χ3v) is 2.29. The van der Waals surface area contributed by atoms with Crippen LogP contribution in [0, 0.1) is 4.64 Å². The average molecular weight is 247 g/mol. The van der Waals surface area contributed by atoms with Gasteiger partial charge in [-0.3, -0.25) is 10.1 Å². The Morgan fingerprint density at radius 1 is 1.29 bits per heavy atom. The zero-order chi connectivity index (χ0) is 12.3. The molecule has 0 bridgehead atoms. The van der Waals surface area contributed by atoms with E-state index in [4.69, 9.17) is 17.0 Å². The Balaban J connectivity index is 2.32. The highest BCUT2D eigenvalue weighted by Gasteiger charge is 2.03. The second-order valence-electron chi connectivity index (χ2n) is 3.88. The lowest BCUT2D eigenvalue weighted by atomic mass is 10.2. The van der Waals surface area contributed by atoms with Crippen LogP contribution in [0.25, 0.3) is 11.3 Å². The van der Waals surface area contributed by atoms with Gasteiger partial charge in [-0.1, -0.05) is 12.2 Å². The molecule has 5 heteroatoms. The van der Waals surface area contributed by atoms with Crippen molar-refractivity contribution in [2.24, 2.45) is 0 Å². The summed E-state index contributed by atoms with van der Waals surface area (Å²) in [5, 5.41) is 6.90. The average Bonchev–Trinajstić information content (AvgIpc) is 2.29. The van der Waals surface area contributed by atoms with Crippen molar-refractivity contribution in [1.29, 1.82) is 0 Å². The van der Waals surface area contributed by atoms with Crippen molar-refractivity contribution in [3.05, 3.63) is 35.2 Å². The molecule has 0 aliphatic heterocycles. The highest BCUT2D eigenvalue weighted by atomic mass is 32.1. The molecule has 1 N–H and O–H groups in total. The predicted octanol–water partition coefficient (Wildman–Crippen LogP) is 2.99. The minimum atomic E-state index is 0.126. The van der Waals surface area contributed by atoms with E-state index in [1.165, 1.54) is 0 Å². The van der Waals surface area contributed by atoms with Gasteiger partial charge >= 0.3 is 0 Å². The van der Waals surface area contributed by atoms with E-state index in [2.05, 4.69) is 15.2 Å². The molecule has 0 fully saturated rings. The zero-order valence-electron chi connectivity index (χ0n) is 9.68. The van der Waals surface area contributed by atoms with E-state index < -0.39 is 0 Å². The number of aromatic amines is 1. The van der Waals surface area contributed by atoms with Gasteiger partial charge in [0.15, 0.2) is 0 Å². The van der Waals surface area contributed by atoms with E-state index in [-0.39, 0.29) is 6.10 Å². The fraction of sp³-hybridized carbons (Fsp3) is 0.250. The Labute approximate surface area is 105 Å². The summed E-state index contributed by atoms with van der Waals surface area (Å²) in [6.07, 6.45) is 3.56. The van der Waals surface area contributed by atoms with Crippen LogP contribution < -0.4 is 4.74 Å². The number of hydrogen-bond donors (Lipinski definition) is 1. The first-order valence-electron chi connectivity index (χ1n) is 5.33. The maximum Gasteiger partial charge on any atom is 0.138 e. The predicted molar refractivity (Wildman–Crippen MR) is 68.4 cm³/mol. The van der Waals surface area contributed by atoms with Crippen LogP contribution in [0.15, 0.2) is 30.6 Å². The molecule has 2 rings (SSSR count). The molecule has 0 aliphatic rings. The van der Waals surface area contributed by atoms with E-state index in [0.29, 0.717) is 4.64 Å². The van der Waals surface area contributed by atoms with E-state index >= 15 is 0 Å². The summed E-state index contributed by atoms with van der Waals surface area (Å²) in [5.41, 5.74) is 1.69. The van der Waals surface area contributed by atoms with Crippen molar-refractivity contribution >= 4 is 12.2 Å². The van der Waals surface area contributed by atoms with Crippen molar-refractivity contribution in [3.63, 3.8) is 0 Å². The first-order chi connectivity index (χ1) is 8.15. The van der Waals surface area contributed by atoms with Crippen LogP contribution in [0.4, 0.5) is 0 Å². The molecule has 0 saturated heterocycles. The Kier molecular flexibility index (Phi) is 3.49. The van der Waals surface area contributed by atoms with Crippen molar-refractivity contribution in [1.82, 2.24) is 15.2 Å². The lowest BCUT2D eigenvalue weighted by Gasteiger charge is -2.09. The van der Waals surface area contributed by atoms with Crippen LogP contribution in [0.3, 0.4) is 0 Å². The lowest BCUT2D eigenvalue weighted by Crippen LogP contribution is -2.05. The van der Waals surface area contributed by atoms with Gasteiger partial charge in [-0.05, 0) is 32.0 Å². The van der Waals surface area contributed by atoms with Gasteiger partial charge in [0.25, 0.3) is 0 Å². The molecule has 0 aliphatic carbocycles. The molecule has 2 aromatic heterocycles. The van der Waals surface area contributed by atoms with Crippen LogP contribution in [0.5, 0.6) is 5.75 Å². The summed E-state index contributed by atoms with van der Waals surface area (Å²) in [6, 6.07) is 5.56. The second-order valence-corrected chi connectivity index (χ2v) is 4.32. The Bertz CT molecular complexity index is 545. The number of nitrogens with zero attached hydrogens (tertiary/aromatic N) is 2. The normalized spacial score (nSPS) is 10.5. The fourth-order valence-corrected chi connectivity index (χ4v) is 1.51. The third-order valence-electron chi connectivity index (χ3n) is 2.06. The molecule has 88 valence electrons. The van der Waals surface area contributed by atoms with Gasteiger partial charge in [0, 0.05) is 11.8 Å². The van der Waals surface area contributed by atoms with Gasteiger partial charge in [-0.15, -0.1) is 0 Å². The third kappa shape index (κ3) is 3.10. The maximum absolute atomic E-state index is 5.58. The molecule has 2 heterocycles. The van der Waals surface area contributed by atoms with Gasteiger partial charge in [-0.25, -0.2) is 0 Å². The van der Waals surface area contributed by atoms with E-state index in [0.717, 1.165) is 17.0 Å². The summed E-state index contributed by atoms with van der Waals surface area (Å²) in [6.45, 7) is 3.95. The summed E-state index contributed by atoms with van der Waals surface area (Å²) >= 11 is 4.95. The quantitative estimate of drug-likeness (QED) is 0.847. The van der Waals surface area contributed by atoms with Crippen molar-refractivity contribution < 1.29 is 4.74 Å². The molecule has 0 radical (unpaired) electrons. The van der Waals surface area contributed by atoms with Gasteiger partial charge in [0.2, 0.25) is 0 Å². The monoisotopic (exact) mass is 247 g/mol. The van der Waals surface area contributed by atoms with Gasteiger partial charge < -0.3 is 4.74 Å². The molecule has 2 aromatic rings. The zero-order valence-corrected chi connectivity index (χ0v) is 10.5. The van der Waals surface area contributed by atoms with Crippen LogP contribution >= 0.6 is 12.2 Å². The molecule has 0 atom stereocenters. The fourth-order valence-electron chi connectivity index (χ4n) is 1.40. The van der Waals surface area contributed by atoms with Crippen LogP contribution in [0.1, 0.15) is 13.8 Å². The molecular formula is C12H13N3OS. The van der Waals surface area contributed by atoms with Crippen LogP contribution in [-0.2, 0) is 0 Å². The number of aromatic nitrogens is 3. The number of ether oxygens (including phenoxy) is 1. The Hall–Kier alpha value is -1.75. The largest absolute Gasteiger partial charge is 0.489 e. The van der Waals surface area contributed by atoms with Gasteiger partial charge in [0.1, 0.15) is 10.4 Å². The minimum Gasteiger partial charge on any atom is -0.489 e. The SMILES string of the molecule is CC(C)Oc1cncc(-c2ccc(=S)[nH]n2)c1. The number of pyridine rings is 1. The van der Waals surface area contributed by atoms with E-state index in [9.17, 15) is 0 Å². The summed E-state index contributed by atoms with van der Waals surface area (Å²) in [4.78, 5) is 4.13. The van der Waals surface area contributed by atoms with Gasteiger partial charge in [0.05, 0.1) is 18.0 Å². The summed E-state index contributed by atoms with van der Waals surface area (Å²) in [5.74, 6) is 0.738. The number of hydrogen-bond acceptors (Lipinski definition) is 4. The number of H-pyrrole nitrogens is 1. The molecule has 0 amide bonds. The highest BCUT2D eigenvalue weighted by molar-refractivity contribution is 7.71. The number of nitrogens with one attached hydrogen (secondary N) is 1. The first kappa shape index (κ1) is 11.7. The standard InChI is InChI=1S/C12H13N3OS/c1-8(2)16-10-5-9(6-13-7-10)11-3-4-12(17)15-14-11/h3-8H,1-2H3,(H,15,17). The van der Waals surface area contributed by atoms with Crippen molar-refractivity contribution in [3.8, 4) is 17.0 Å². The molecule has 0 spiro atoms. The highest BCUT2D eigenvalue weighted by Crippen LogP contribution is 2.20. The molecular weight excluding hydrogens is 234 g/mol. The van der Waals surface area contributed by atoms with Crippen molar-refractivity contribution in [2.75, 3.05) is 0 Å². The molecule has 4 nitrogen and oxygen atoms in total. The number of rotatable bonds is 3. The minimum absolute atomic E-state index is 0.126. The first-order valence-corrected chi connectivity index (χ1v) is 5.74. The summed E-state index contributed by atoms with van der Waals surface area (Å²) < 4.78 is 6.19. The Morgan fingerprint density at radius 3 is 2.76 bits per heavy atom. The van der Waals surface area contributed by atoms with E-state index in [1.54, 1.807) is 18.5 Å². The van der Waals surface area contributed by atoms with Crippen molar-refractivity contribution in [2.45, 2.75) is 20.0 Å². The topological polar surface area (TPSA) is 50.8 Å². The van der Waals surface area contributed by atoms with Crippen LogP contribution in [0.2, 0.25) is 0 Å². The van der Waals surface area contributed by atoms with Crippen LogP contribution in [-0.4, -0.2) is 21.3 Å². The second kappa shape index (κ2) is 5.05. The van der Waals surface area contributed by atoms with E-state index in [1.807, 2.05) is 26.0 Å². The maximum atomic E-state index is 5.58. The molecule has 17 heavy (non-hydrogen) atoms. The lowest BCUT2D eigenvalue weighted by molar-refractivity contribution is 0.241.